The Bertz CT molecular complexity index is 1020. The maximum atomic E-state index is 11.6. The fraction of sp³-hybridized carbons (Fsp3) is 0.143. The first-order valence-corrected chi connectivity index (χ1v) is 9.77. The van der Waals surface area contributed by atoms with Crippen LogP contribution >= 0.6 is 0 Å². The van der Waals surface area contributed by atoms with Crippen molar-refractivity contribution < 1.29 is 22.4 Å². The number of benzene rings is 3. The van der Waals surface area contributed by atoms with Crippen molar-refractivity contribution in [1.29, 1.82) is 0 Å². The predicted molar refractivity (Wildman–Crippen MR) is 103 cm³/mol. The SMILES string of the molecule is COc1ccc(Oc2ccc(Cc3ccc(C)cc3)cc2)c(S(=O)(=O)O)c1. The van der Waals surface area contributed by atoms with Crippen LogP contribution in [0.5, 0.6) is 17.2 Å². The van der Waals surface area contributed by atoms with Gasteiger partial charge in [0.15, 0.2) is 0 Å². The Balaban J connectivity index is 1.79. The van der Waals surface area contributed by atoms with Gasteiger partial charge in [-0.05, 0) is 48.7 Å². The largest absolute Gasteiger partial charge is 0.497 e. The Labute approximate surface area is 158 Å². The molecule has 3 aromatic rings. The van der Waals surface area contributed by atoms with Crippen LogP contribution in [0.15, 0.2) is 71.6 Å². The van der Waals surface area contributed by atoms with Crippen LogP contribution in [0.3, 0.4) is 0 Å². The molecule has 0 unspecified atom stereocenters. The van der Waals surface area contributed by atoms with E-state index >= 15 is 0 Å². The highest BCUT2D eigenvalue weighted by Gasteiger charge is 2.18. The Hall–Kier alpha value is -2.83. The summed E-state index contributed by atoms with van der Waals surface area (Å²) in [4.78, 5) is -0.342. The van der Waals surface area contributed by atoms with Gasteiger partial charge in [-0.25, -0.2) is 0 Å². The van der Waals surface area contributed by atoms with E-state index in [-0.39, 0.29) is 10.6 Å². The minimum absolute atomic E-state index is 0.0320. The molecule has 140 valence electrons. The number of ether oxygens (including phenoxy) is 2. The highest BCUT2D eigenvalue weighted by Crippen LogP contribution is 2.32. The number of aryl methyl sites for hydroxylation is 1. The minimum atomic E-state index is -4.44. The normalized spacial score (nSPS) is 11.2. The molecule has 0 aromatic heterocycles. The third kappa shape index (κ3) is 4.87. The van der Waals surface area contributed by atoms with E-state index in [0.717, 1.165) is 12.0 Å². The first-order chi connectivity index (χ1) is 12.8. The highest BCUT2D eigenvalue weighted by molar-refractivity contribution is 7.86. The maximum Gasteiger partial charge on any atom is 0.298 e. The second kappa shape index (κ2) is 7.82. The lowest BCUT2D eigenvalue weighted by atomic mass is 10.0. The fourth-order valence-electron chi connectivity index (χ4n) is 2.65. The first kappa shape index (κ1) is 18.9. The molecular weight excluding hydrogens is 364 g/mol. The molecule has 5 nitrogen and oxygen atoms in total. The van der Waals surface area contributed by atoms with Gasteiger partial charge in [-0.3, -0.25) is 4.55 Å². The van der Waals surface area contributed by atoms with Crippen molar-refractivity contribution in [2.24, 2.45) is 0 Å². The number of hydrogen-bond donors (Lipinski definition) is 1. The standard InChI is InChI=1S/C21H20O5S/c1-15-3-5-16(6-4-15)13-17-7-9-18(10-8-17)26-20-12-11-19(25-2)14-21(20)27(22,23)24/h3-12,14H,13H2,1-2H3,(H,22,23,24). The molecule has 0 bridgehead atoms. The summed E-state index contributed by atoms with van der Waals surface area (Å²) in [6.07, 6.45) is 0.791. The summed E-state index contributed by atoms with van der Waals surface area (Å²) in [6.45, 7) is 2.05. The zero-order valence-corrected chi connectivity index (χ0v) is 15.9. The molecule has 1 N–H and O–H groups in total. The Morgan fingerprint density at radius 3 is 1.96 bits per heavy atom. The van der Waals surface area contributed by atoms with E-state index in [1.165, 1.54) is 30.4 Å². The van der Waals surface area contributed by atoms with Crippen LogP contribution in [0.1, 0.15) is 16.7 Å². The van der Waals surface area contributed by atoms with Gasteiger partial charge in [-0.15, -0.1) is 0 Å². The van der Waals surface area contributed by atoms with E-state index in [0.29, 0.717) is 11.5 Å². The first-order valence-electron chi connectivity index (χ1n) is 8.33. The van der Waals surface area contributed by atoms with E-state index < -0.39 is 10.1 Å². The zero-order valence-electron chi connectivity index (χ0n) is 15.0. The molecule has 0 heterocycles. The molecule has 0 saturated carbocycles. The Morgan fingerprint density at radius 1 is 0.852 bits per heavy atom. The summed E-state index contributed by atoms with van der Waals surface area (Å²) in [6, 6.07) is 19.9. The van der Waals surface area contributed by atoms with Gasteiger partial charge in [0.05, 0.1) is 7.11 Å². The lowest BCUT2D eigenvalue weighted by molar-refractivity contribution is 0.407. The van der Waals surface area contributed by atoms with Crippen LogP contribution in [0, 0.1) is 6.92 Å². The van der Waals surface area contributed by atoms with E-state index in [1.807, 2.05) is 12.1 Å². The molecular formula is C21H20O5S. The third-order valence-corrected chi connectivity index (χ3v) is 4.98. The van der Waals surface area contributed by atoms with E-state index in [1.54, 1.807) is 18.2 Å². The van der Waals surface area contributed by atoms with Crippen LogP contribution in [-0.2, 0) is 16.5 Å². The van der Waals surface area contributed by atoms with Gasteiger partial charge in [0.1, 0.15) is 22.1 Å². The van der Waals surface area contributed by atoms with E-state index in [9.17, 15) is 13.0 Å². The Kier molecular flexibility index (Phi) is 5.48. The molecule has 0 saturated heterocycles. The molecule has 0 aliphatic rings. The van der Waals surface area contributed by atoms with Crippen molar-refractivity contribution >= 4 is 10.1 Å². The summed E-state index contributed by atoms with van der Waals surface area (Å²) in [5.41, 5.74) is 3.53. The molecule has 27 heavy (non-hydrogen) atoms. The average Bonchev–Trinajstić information content (AvgIpc) is 2.64. The van der Waals surface area contributed by atoms with Crippen molar-refractivity contribution in [2.75, 3.05) is 7.11 Å². The molecule has 0 aliphatic carbocycles. The quantitative estimate of drug-likeness (QED) is 0.627. The summed E-state index contributed by atoms with van der Waals surface area (Å²) in [5, 5.41) is 0. The topological polar surface area (TPSA) is 72.8 Å². The van der Waals surface area contributed by atoms with Crippen molar-refractivity contribution in [3.63, 3.8) is 0 Å². The van der Waals surface area contributed by atoms with Gasteiger partial charge in [0.2, 0.25) is 0 Å². The summed E-state index contributed by atoms with van der Waals surface area (Å²) < 4.78 is 43.3. The molecule has 0 atom stereocenters. The van der Waals surface area contributed by atoms with Gasteiger partial charge in [0.25, 0.3) is 10.1 Å². The summed E-state index contributed by atoms with van der Waals surface area (Å²) in [7, 11) is -3.03. The molecule has 0 aliphatic heterocycles. The van der Waals surface area contributed by atoms with Crippen LogP contribution in [-0.4, -0.2) is 20.1 Å². The molecule has 0 fully saturated rings. The van der Waals surface area contributed by atoms with Gasteiger partial charge in [-0.1, -0.05) is 42.0 Å². The van der Waals surface area contributed by atoms with Crippen LogP contribution in [0.25, 0.3) is 0 Å². The number of hydrogen-bond acceptors (Lipinski definition) is 4. The molecule has 3 rings (SSSR count). The molecule has 0 radical (unpaired) electrons. The van der Waals surface area contributed by atoms with Crippen LogP contribution in [0.2, 0.25) is 0 Å². The van der Waals surface area contributed by atoms with Gasteiger partial charge < -0.3 is 9.47 Å². The monoisotopic (exact) mass is 384 g/mol. The van der Waals surface area contributed by atoms with E-state index in [4.69, 9.17) is 9.47 Å². The summed E-state index contributed by atoms with van der Waals surface area (Å²) >= 11 is 0. The predicted octanol–water partition coefficient (Wildman–Crippen LogP) is 4.63. The van der Waals surface area contributed by atoms with Crippen molar-refractivity contribution in [3.05, 3.63) is 83.4 Å². The smallest absolute Gasteiger partial charge is 0.298 e. The van der Waals surface area contributed by atoms with Crippen molar-refractivity contribution in [1.82, 2.24) is 0 Å². The maximum absolute atomic E-state index is 11.6. The van der Waals surface area contributed by atoms with Crippen molar-refractivity contribution in [2.45, 2.75) is 18.2 Å². The van der Waals surface area contributed by atoms with Crippen molar-refractivity contribution in [3.8, 4) is 17.2 Å². The second-order valence-corrected chi connectivity index (χ2v) is 7.59. The molecule has 6 heteroatoms. The van der Waals surface area contributed by atoms with E-state index in [2.05, 4.69) is 31.2 Å². The molecule has 3 aromatic carbocycles. The van der Waals surface area contributed by atoms with Gasteiger partial charge in [-0.2, -0.15) is 8.42 Å². The highest BCUT2D eigenvalue weighted by atomic mass is 32.2. The minimum Gasteiger partial charge on any atom is -0.497 e. The van der Waals surface area contributed by atoms with Gasteiger partial charge >= 0.3 is 0 Å². The zero-order chi connectivity index (χ0) is 19.4. The lowest BCUT2D eigenvalue weighted by Crippen LogP contribution is -2.02. The Morgan fingerprint density at radius 2 is 1.41 bits per heavy atom. The van der Waals surface area contributed by atoms with Crippen LogP contribution in [0.4, 0.5) is 0 Å². The number of methoxy groups -OCH3 is 1. The summed E-state index contributed by atoms with van der Waals surface area (Å²) in [5.74, 6) is 0.811. The van der Waals surface area contributed by atoms with Gasteiger partial charge in [0, 0.05) is 6.07 Å². The molecule has 0 spiro atoms. The number of rotatable bonds is 6. The average molecular weight is 384 g/mol. The van der Waals surface area contributed by atoms with Crippen LogP contribution < -0.4 is 9.47 Å². The molecule has 0 amide bonds. The lowest BCUT2D eigenvalue weighted by Gasteiger charge is -2.11. The second-order valence-electron chi connectivity index (χ2n) is 6.20. The third-order valence-electron chi connectivity index (χ3n) is 4.11. The fourth-order valence-corrected chi connectivity index (χ4v) is 3.27.